The molecule has 0 spiro atoms. The lowest BCUT2D eigenvalue weighted by Crippen LogP contribution is -2.42. The molecular weight excluding hydrogens is 264 g/mol. The van der Waals surface area contributed by atoms with E-state index in [4.69, 9.17) is 16.6 Å². The molecule has 1 aromatic heterocycles. The van der Waals surface area contributed by atoms with Gasteiger partial charge in [-0.2, -0.15) is 0 Å². The quantitative estimate of drug-likeness (QED) is 0.505. The van der Waals surface area contributed by atoms with Gasteiger partial charge in [-0.05, 0) is 18.6 Å². The number of nitrogens with zero attached hydrogens (tertiary/aromatic N) is 1. The topological polar surface area (TPSA) is 148 Å². The lowest BCUT2D eigenvalue weighted by Gasteiger charge is -2.13. The highest BCUT2D eigenvalue weighted by molar-refractivity contribution is 5.85. The number of anilines is 1. The van der Waals surface area contributed by atoms with Crippen molar-refractivity contribution in [3.63, 3.8) is 0 Å². The third-order valence-electron chi connectivity index (χ3n) is 2.50. The first-order valence-corrected chi connectivity index (χ1v) is 5.89. The van der Waals surface area contributed by atoms with Crippen molar-refractivity contribution in [2.75, 3.05) is 5.73 Å². The molecule has 0 saturated carbocycles. The molecule has 0 saturated heterocycles. The Bertz CT molecular complexity index is 501. The lowest BCUT2D eigenvalue weighted by molar-refractivity contribution is -0.142. The molecule has 0 aliphatic rings. The van der Waals surface area contributed by atoms with Crippen LogP contribution in [0.1, 0.15) is 18.5 Å². The zero-order valence-corrected chi connectivity index (χ0v) is 10.7. The van der Waals surface area contributed by atoms with Crippen LogP contribution in [0.4, 0.5) is 5.69 Å². The first-order chi connectivity index (χ1) is 9.38. The van der Waals surface area contributed by atoms with E-state index in [0.717, 1.165) is 0 Å². The van der Waals surface area contributed by atoms with Gasteiger partial charge in [0.25, 0.3) is 0 Å². The number of aromatic nitrogens is 1. The van der Waals surface area contributed by atoms with Crippen LogP contribution in [0.15, 0.2) is 18.3 Å². The molecule has 0 aromatic carbocycles. The van der Waals surface area contributed by atoms with Gasteiger partial charge in [0.05, 0.1) is 18.3 Å². The summed E-state index contributed by atoms with van der Waals surface area (Å²) < 4.78 is 0. The predicted octanol–water partition coefficient (Wildman–Crippen LogP) is -0.959. The summed E-state index contributed by atoms with van der Waals surface area (Å²) in [6.07, 6.45) is 1.17. The van der Waals surface area contributed by atoms with Gasteiger partial charge in [0, 0.05) is 12.1 Å². The fourth-order valence-corrected chi connectivity index (χ4v) is 1.49. The number of hydrogen-bond acceptors (Lipinski definition) is 5. The Morgan fingerprint density at radius 2 is 2.05 bits per heavy atom. The van der Waals surface area contributed by atoms with Gasteiger partial charge in [-0.3, -0.25) is 14.6 Å². The number of hydrogen-bond donors (Lipinski definition) is 4. The number of rotatable bonds is 7. The van der Waals surface area contributed by atoms with Crippen molar-refractivity contribution in [2.45, 2.75) is 25.3 Å². The Morgan fingerprint density at radius 3 is 2.55 bits per heavy atom. The number of primary amides is 1. The Labute approximate surface area is 115 Å². The number of carboxylic acids is 1. The highest BCUT2D eigenvalue weighted by Gasteiger charge is 2.20. The van der Waals surface area contributed by atoms with Gasteiger partial charge < -0.3 is 21.9 Å². The second kappa shape index (κ2) is 7.07. The first kappa shape index (κ1) is 15.4. The molecule has 20 heavy (non-hydrogen) atoms. The number of pyridine rings is 1. The molecule has 2 amide bonds. The summed E-state index contributed by atoms with van der Waals surface area (Å²) in [5.41, 5.74) is 11.3. The van der Waals surface area contributed by atoms with Crippen LogP contribution >= 0.6 is 0 Å². The number of nitrogens with two attached hydrogens (primary N) is 2. The van der Waals surface area contributed by atoms with Gasteiger partial charge in [0.2, 0.25) is 11.8 Å². The average Bonchev–Trinajstić information content (AvgIpc) is 2.36. The molecule has 6 N–H and O–H groups in total. The summed E-state index contributed by atoms with van der Waals surface area (Å²) in [4.78, 5) is 37.2. The van der Waals surface area contributed by atoms with E-state index < -0.39 is 23.8 Å². The van der Waals surface area contributed by atoms with E-state index in [1.165, 1.54) is 6.20 Å². The minimum Gasteiger partial charge on any atom is -0.480 e. The maximum atomic E-state index is 11.7. The van der Waals surface area contributed by atoms with Gasteiger partial charge in [-0.15, -0.1) is 0 Å². The standard InChI is InChI=1S/C12H16N4O4/c13-7-1-2-8(15-6-7)5-11(18)16-9(12(19)20)3-4-10(14)17/h1-2,6,9H,3-5,13H2,(H2,14,17)(H,16,18)(H,19,20)/t9-/m1/s1. The summed E-state index contributed by atoms with van der Waals surface area (Å²) in [5.74, 6) is -2.34. The van der Waals surface area contributed by atoms with E-state index in [1.807, 2.05) is 0 Å². The zero-order valence-electron chi connectivity index (χ0n) is 10.7. The largest absolute Gasteiger partial charge is 0.480 e. The van der Waals surface area contributed by atoms with Crippen LogP contribution in [0.2, 0.25) is 0 Å². The van der Waals surface area contributed by atoms with Crippen molar-refractivity contribution in [2.24, 2.45) is 5.73 Å². The molecule has 8 heteroatoms. The van der Waals surface area contributed by atoms with Crippen LogP contribution in [0, 0.1) is 0 Å². The number of carbonyl (C=O) groups is 3. The molecule has 1 atom stereocenters. The van der Waals surface area contributed by atoms with Crippen molar-refractivity contribution in [1.29, 1.82) is 0 Å². The summed E-state index contributed by atoms with van der Waals surface area (Å²) >= 11 is 0. The van der Waals surface area contributed by atoms with Crippen LogP contribution in [0.3, 0.4) is 0 Å². The van der Waals surface area contributed by atoms with Crippen molar-refractivity contribution < 1.29 is 19.5 Å². The van der Waals surface area contributed by atoms with Crippen molar-refractivity contribution in [3.05, 3.63) is 24.0 Å². The first-order valence-electron chi connectivity index (χ1n) is 5.89. The summed E-state index contributed by atoms with van der Waals surface area (Å²) in [5, 5.41) is 11.3. The monoisotopic (exact) mass is 280 g/mol. The molecule has 0 radical (unpaired) electrons. The predicted molar refractivity (Wildman–Crippen MR) is 70.3 cm³/mol. The molecule has 0 aliphatic heterocycles. The Balaban J connectivity index is 2.55. The van der Waals surface area contributed by atoms with Crippen molar-refractivity contribution in [3.8, 4) is 0 Å². The van der Waals surface area contributed by atoms with E-state index in [2.05, 4.69) is 10.3 Å². The van der Waals surface area contributed by atoms with E-state index in [1.54, 1.807) is 12.1 Å². The fourth-order valence-electron chi connectivity index (χ4n) is 1.49. The highest BCUT2D eigenvalue weighted by atomic mass is 16.4. The van der Waals surface area contributed by atoms with E-state index in [9.17, 15) is 14.4 Å². The molecule has 0 fully saturated rings. The molecule has 1 aromatic rings. The fraction of sp³-hybridized carbons (Fsp3) is 0.333. The lowest BCUT2D eigenvalue weighted by atomic mass is 10.1. The number of carboxylic acid groups (broad SMARTS) is 1. The summed E-state index contributed by atoms with van der Waals surface area (Å²) in [6, 6.07) is 2.02. The molecule has 0 aliphatic carbocycles. The third kappa shape index (κ3) is 5.34. The smallest absolute Gasteiger partial charge is 0.326 e. The van der Waals surface area contributed by atoms with Crippen molar-refractivity contribution >= 4 is 23.5 Å². The molecule has 8 nitrogen and oxygen atoms in total. The number of carbonyl (C=O) groups excluding carboxylic acids is 2. The highest BCUT2D eigenvalue weighted by Crippen LogP contribution is 2.03. The second-order valence-corrected chi connectivity index (χ2v) is 4.22. The molecule has 1 heterocycles. The number of nitrogen functional groups attached to an aromatic ring is 1. The van der Waals surface area contributed by atoms with E-state index in [0.29, 0.717) is 11.4 Å². The van der Waals surface area contributed by atoms with Crippen LogP contribution < -0.4 is 16.8 Å². The van der Waals surface area contributed by atoms with Crippen molar-refractivity contribution in [1.82, 2.24) is 10.3 Å². The zero-order chi connectivity index (χ0) is 15.1. The number of amides is 2. The maximum Gasteiger partial charge on any atom is 0.326 e. The van der Waals surface area contributed by atoms with Crippen LogP contribution in [-0.2, 0) is 20.8 Å². The van der Waals surface area contributed by atoms with Crippen LogP contribution in [0.25, 0.3) is 0 Å². The van der Waals surface area contributed by atoms with Gasteiger partial charge in [0.15, 0.2) is 0 Å². The third-order valence-corrected chi connectivity index (χ3v) is 2.50. The van der Waals surface area contributed by atoms with Crippen LogP contribution in [0.5, 0.6) is 0 Å². The van der Waals surface area contributed by atoms with Gasteiger partial charge in [-0.25, -0.2) is 4.79 Å². The SMILES string of the molecule is NC(=O)CC[C@@H](NC(=O)Cc1ccc(N)cn1)C(=O)O. The summed E-state index contributed by atoms with van der Waals surface area (Å²) in [6.45, 7) is 0. The van der Waals surface area contributed by atoms with Crippen LogP contribution in [-0.4, -0.2) is 33.9 Å². The van der Waals surface area contributed by atoms with Gasteiger partial charge >= 0.3 is 5.97 Å². The van der Waals surface area contributed by atoms with Gasteiger partial charge in [-0.1, -0.05) is 0 Å². The minimum atomic E-state index is -1.22. The molecular formula is C12H16N4O4. The number of nitrogens with one attached hydrogen (secondary N) is 1. The minimum absolute atomic E-state index is 0.0500. The van der Waals surface area contributed by atoms with E-state index in [-0.39, 0.29) is 19.3 Å². The number of aliphatic carboxylic acids is 1. The Hall–Kier alpha value is -2.64. The second-order valence-electron chi connectivity index (χ2n) is 4.22. The molecule has 0 unspecified atom stereocenters. The molecule has 0 bridgehead atoms. The Morgan fingerprint density at radius 1 is 1.35 bits per heavy atom. The molecule has 108 valence electrons. The normalized spacial score (nSPS) is 11.6. The molecule has 1 rings (SSSR count). The van der Waals surface area contributed by atoms with E-state index >= 15 is 0 Å². The maximum absolute atomic E-state index is 11.7. The average molecular weight is 280 g/mol. The van der Waals surface area contributed by atoms with Gasteiger partial charge in [0.1, 0.15) is 6.04 Å². The Kier molecular flexibility index (Phi) is 5.45. The summed E-state index contributed by atoms with van der Waals surface area (Å²) in [7, 11) is 0.